The van der Waals surface area contributed by atoms with E-state index in [4.69, 9.17) is 11.6 Å². The lowest BCUT2D eigenvalue weighted by atomic mass is 10.0. The number of pyridine rings is 1. The first-order valence-corrected chi connectivity index (χ1v) is 5.88. The summed E-state index contributed by atoms with van der Waals surface area (Å²) in [6.45, 7) is 4.18. The van der Waals surface area contributed by atoms with Crippen LogP contribution in [-0.4, -0.2) is 12.0 Å². The van der Waals surface area contributed by atoms with Crippen molar-refractivity contribution in [1.82, 2.24) is 4.98 Å². The van der Waals surface area contributed by atoms with Gasteiger partial charge < -0.3 is 5.32 Å². The quantitative estimate of drug-likeness (QED) is 0.867. The standard InChI is InChI=1S/C13H14ClFN2/c1-7(2)9-4-8-5-10(14)11(15)6-12(8)17-13(9)16-3/h4-7H,1-3H3,(H,16,17). The number of aromatic nitrogens is 1. The van der Waals surface area contributed by atoms with Crippen molar-refractivity contribution in [2.45, 2.75) is 19.8 Å². The number of hydrogen-bond donors (Lipinski definition) is 1. The number of halogens is 2. The molecule has 0 spiro atoms. The molecule has 1 N–H and O–H groups in total. The second-order valence-electron chi connectivity index (χ2n) is 4.29. The highest BCUT2D eigenvalue weighted by Crippen LogP contribution is 2.29. The van der Waals surface area contributed by atoms with Gasteiger partial charge in [0.1, 0.15) is 11.6 Å². The molecule has 0 radical (unpaired) electrons. The molecule has 0 unspecified atom stereocenters. The summed E-state index contributed by atoms with van der Waals surface area (Å²) >= 11 is 5.77. The smallest absolute Gasteiger partial charge is 0.143 e. The number of nitrogens with one attached hydrogen (secondary N) is 1. The number of fused-ring (bicyclic) bond motifs is 1. The van der Waals surface area contributed by atoms with Crippen LogP contribution in [0.3, 0.4) is 0 Å². The average molecular weight is 253 g/mol. The van der Waals surface area contributed by atoms with Crippen molar-refractivity contribution in [3.63, 3.8) is 0 Å². The Morgan fingerprint density at radius 3 is 2.59 bits per heavy atom. The molecule has 4 heteroatoms. The molecule has 17 heavy (non-hydrogen) atoms. The minimum Gasteiger partial charge on any atom is -0.373 e. The highest BCUT2D eigenvalue weighted by Gasteiger charge is 2.11. The Morgan fingerprint density at radius 1 is 1.29 bits per heavy atom. The molecule has 0 aliphatic carbocycles. The van der Waals surface area contributed by atoms with Crippen molar-refractivity contribution in [3.8, 4) is 0 Å². The molecule has 1 aromatic carbocycles. The first kappa shape index (κ1) is 12.1. The first-order valence-electron chi connectivity index (χ1n) is 5.50. The second-order valence-corrected chi connectivity index (χ2v) is 4.70. The molecule has 0 aliphatic rings. The van der Waals surface area contributed by atoms with Crippen LogP contribution < -0.4 is 5.32 Å². The van der Waals surface area contributed by atoms with Crippen molar-refractivity contribution in [2.75, 3.05) is 12.4 Å². The van der Waals surface area contributed by atoms with Gasteiger partial charge in [-0.1, -0.05) is 25.4 Å². The normalized spacial score (nSPS) is 11.2. The van der Waals surface area contributed by atoms with Gasteiger partial charge in [-0.3, -0.25) is 0 Å². The van der Waals surface area contributed by atoms with Gasteiger partial charge in [0.2, 0.25) is 0 Å². The SMILES string of the molecule is CNc1nc2cc(F)c(Cl)cc2cc1C(C)C. The van der Waals surface area contributed by atoms with Gasteiger partial charge in [0.15, 0.2) is 0 Å². The molecule has 1 aromatic heterocycles. The van der Waals surface area contributed by atoms with Crippen LogP contribution >= 0.6 is 11.6 Å². The Labute approximate surface area is 105 Å². The Kier molecular flexibility index (Phi) is 3.20. The maximum absolute atomic E-state index is 13.4. The summed E-state index contributed by atoms with van der Waals surface area (Å²) < 4.78 is 13.4. The van der Waals surface area contributed by atoms with Gasteiger partial charge in [-0.25, -0.2) is 9.37 Å². The van der Waals surface area contributed by atoms with E-state index in [9.17, 15) is 4.39 Å². The summed E-state index contributed by atoms with van der Waals surface area (Å²) in [5.74, 6) is 0.693. The fraction of sp³-hybridized carbons (Fsp3) is 0.308. The third-order valence-electron chi connectivity index (χ3n) is 2.75. The van der Waals surface area contributed by atoms with Crippen molar-refractivity contribution in [2.24, 2.45) is 0 Å². The van der Waals surface area contributed by atoms with Crippen LogP contribution in [0.1, 0.15) is 25.3 Å². The van der Waals surface area contributed by atoms with E-state index in [1.807, 2.05) is 13.1 Å². The lowest BCUT2D eigenvalue weighted by molar-refractivity contribution is 0.630. The van der Waals surface area contributed by atoms with E-state index in [0.717, 1.165) is 16.8 Å². The summed E-state index contributed by atoms with van der Waals surface area (Å²) in [4.78, 5) is 4.41. The fourth-order valence-corrected chi connectivity index (χ4v) is 2.00. The largest absolute Gasteiger partial charge is 0.373 e. The predicted molar refractivity (Wildman–Crippen MR) is 70.3 cm³/mol. The molecule has 0 atom stereocenters. The van der Waals surface area contributed by atoms with Crippen LogP contribution in [0.5, 0.6) is 0 Å². The molecule has 2 nitrogen and oxygen atoms in total. The maximum Gasteiger partial charge on any atom is 0.143 e. The van der Waals surface area contributed by atoms with Crippen LogP contribution in [0.2, 0.25) is 5.02 Å². The van der Waals surface area contributed by atoms with Gasteiger partial charge in [-0.2, -0.15) is 0 Å². The predicted octanol–water partition coefficient (Wildman–Crippen LogP) is 4.19. The first-order chi connectivity index (χ1) is 8.02. The highest BCUT2D eigenvalue weighted by atomic mass is 35.5. The Balaban J connectivity index is 2.74. The van der Waals surface area contributed by atoms with Crippen LogP contribution in [0.15, 0.2) is 18.2 Å². The maximum atomic E-state index is 13.4. The molecule has 0 saturated heterocycles. The van der Waals surface area contributed by atoms with Gasteiger partial charge in [-0.05, 0) is 23.6 Å². The van der Waals surface area contributed by atoms with Crippen molar-refractivity contribution < 1.29 is 4.39 Å². The monoisotopic (exact) mass is 252 g/mol. The Hall–Kier alpha value is -1.35. The molecular weight excluding hydrogens is 239 g/mol. The molecule has 2 rings (SSSR count). The number of rotatable bonds is 2. The van der Waals surface area contributed by atoms with Gasteiger partial charge >= 0.3 is 0 Å². The molecule has 90 valence electrons. The summed E-state index contributed by atoms with van der Waals surface area (Å²) in [6, 6.07) is 4.98. The molecule has 1 heterocycles. The summed E-state index contributed by atoms with van der Waals surface area (Å²) in [5.41, 5.74) is 1.71. The number of anilines is 1. The molecule has 2 aromatic rings. The van der Waals surface area contributed by atoms with E-state index in [1.165, 1.54) is 6.07 Å². The third kappa shape index (κ3) is 2.20. The highest BCUT2D eigenvalue weighted by molar-refractivity contribution is 6.31. The van der Waals surface area contributed by atoms with E-state index < -0.39 is 5.82 Å². The lowest BCUT2D eigenvalue weighted by Crippen LogP contribution is -2.01. The summed E-state index contributed by atoms with van der Waals surface area (Å²) in [6.07, 6.45) is 0. The minimum atomic E-state index is -0.439. The Bertz CT molecular complexity index is 567. The lowest BCUT2D eigenvalue weighted by Gasteiger charge is -2.13. The van der Waals surface area contributed by atoms with Crippen molar-refractivity contribution >= 4 is 28.3 Å². The van der Waals surface area contributed by atoms with E-state index in [2.05, 4.69) is 24.1 Å². The van der Waals surface area contributed by atoms with Crippen LogP contribution in [-0.2, 0) is 0 Å². The summed E-state index contributed by atoms with van der Waals surface area (Å²) in [5, 5.41) is 4.03. The van der Waals surface area contributed by atoms with Gasteiger partial charge in [0.05, 0.1) is 10.5 Å². The van der Waals surface area contributed by atoms with Crippen molar-refractivity contribution in [3.05, 3.63) is 34.6 Å². The number of nitrogens with zero attached hydrogens (tertiary/aromatic N) is 1. The Morgan fingerprint density at radius 2 is 2.00 bits per heavy atom. The molecule has 0 amide bonds. The molecule has 0 bridgehead atoms. The van der Waals surface area contributed by atoms with Crippen LogP contribution in [0, 0.1) is 5.82 Å². The van der Waals surface area contributed by atoms with E-state index in [-0.39, 0.29) is 5.02 Å². The zero-order valence-corrected chi connectivity index (χ0v) is 10.8. The summed E-state index contributed by atoms with van der Waals surface area (Å²) in [7, 11) is 1.81. The zero-order chi connectivity index (χ0) is 12.6. The van der Waals surface area contributed by atoms with Gasteiger partial charge in [0, 0.05) is 18.5 Å². The topological polar surface area (TPSA) is 24.9 Å². The van der Waals surface area contributed by atoms with E-state index >= 15 is 0 Å². The molecule has 0 fully saturated rings. The molecular formula is C13H14ClFN2. The van der Waals surface area contributed by atoms with E-state index in [1.54, 1.807) is 6.07 Å². The number of benzene rings is 1. The average Bonchev–Trinajstić information content (AvgIpc) is 2.29. The van der Waals surface area contributed by atoms with Gasteiger partial charge in [-0.15, -0.1) is 0 Å². The number of hydrogen-bond acceptors (Lipinski definition) is 2. The molecule has 0 aliphatic heterocycles. The minimum absolute atomic E-state index is 0.131. The van der Waals surface area contributed by atoms with Gasteiger partial charge in [0.25, 0.3) is 0 Å². The fourth-order valence-electron chi connectivity index (χ4n) is 1.83. The van der Waals surface area contributed by atoms with E-state index in [0.29, 0.717) is 11.4 Å². The van der Waals surface area contributed by atoms with Crippen molar-refractivity contribution in [1.29, 1.82) is 0 Å². The third-order valence-corrected chi connectivity index (χ3v) is 3.03. The zero-order valence-electron chi connectivity index (χ0n) is 10.0. The second kappa shape index (κ2) is 4.49. The van der Waals surface area contributed by atoms with Crippen LogP contribution in [0.25, 0.3) is 10.9 Å². The molecule has 0 saturated carbocycles. The van der Waals surface area contributed by atoms with Crippen LogP contribution in [0.4, 0.5) is 10.2 Å².